The van der Waals surface area contributed by atoms with Gasteiger partial charge in [-0.05, 0) is 36.8 Å². The number of anilines is 3. The van der Waals surface area contributed by atoms with Crippen LogP contribution in [0.15, 0.2) is 28.0 Å². The van der Waals surface area contributed by atoms with Gasteiger partial charge in [0.05, 0.1) is 10.6 Å². The second kappa shape index (κ2) is 6.45. The van der Waals surface area contributed by atoms with E-state index in [1.54, 1.807) is 0 Å². The van der Waals surface area contributed by atoms with Gasteiger partial charge in [-0.1, -0.05) is 0 Å². The number of hydrogen-bond donors (Lipinski definition) is 4. The van der Waals surface area contributed by atoms with Crippen molar-refractivity contribution in [3.63, 3.8) is 0 Å². The van der Waals surface area contributed by atoms with Gasteiger partial charge in [0, 0.05) is 0 Å². The van der Waals surface area contributed by atoms with E-state index in [0.717, 1.165) is 18.2 Å². The molecular formula is C10H11ClN6O5S2. The molecule has 5 N–H and O–H groups in total. The van der Waals surface area contributed by atoms with E-state index >= 15 is 0 Å². The first-order valence-corrected chi connectivity index (χ1v) is 9.32. The maximum atomic E-state index is 11.8. The first kappa shape index (κ1) is 18.3. The number of aromatic nitrogens is 3. The minimum atomic E-state index is -4.66. The molecule has 0 saturated heterocycles. The molecule has 0 saturated carbocycles. The highest BCUT2D eigenvalue weighted by atomic mass is 35.5. The summed E-state index contributed by atoms with van der Waals surface area (Å²) < 4.78 is 57.9. The van der Waals surface area contributed by atoms with Gasteiger partial charge in [-0.15, -0.1) is 0 Å². The SMILES string of the molecule is CNS(=O)(=O)c1ccc(S(=O)(=O)O)c(Nc2nc(N)nc(Cl)n2)c1. The normalized spacial score (nSPS) is 12.1. The molecule has 0 aliphatic heterocycles. The molecule has 11 nitrogen and oxygen atoms in total. The number of halogens is 1. The minimum absolute atomic E-state index is 0.239. The van der Waals surface area contributed by atoms with Crippen molar-refractivity contribution in [3.8, 4) is 0 Å². The molecule has 0 radical (unpaired) electrons. The fourth-order valence-corrected chi connectivity index (χ4v) is 3.21. The number of sulfonamides is 1. The fourth-order valence-electron chi connectivity index (χ4n) is 1.66. The van der Waals surface area contributed by atoms with Crippen LogP contribution in [0.25, 0.3) is 0 Å². The fraction of sp³-hybridized carbons (Fsp3) is 0.100. The summed E-state index contributed by atoms with van der Waals surface area (Å²) in [6.07, 6.45) is 0. The maximum Gasteiger partial charge on any atom is 0.296 e. The lowest BCUT2D eigenvalue weighted by atomic mass is 10.3. The van der Waals surface area contributed by atoms with Crippen LogP contribution in [-0.2, 0) is 20.1 Å². The molecule has 0 bridgehead atoms. The second-order valence-corrected chi connectivity index (χ2v) is 7.87. The molecule has 0 amide bonds. The molecule has 24 heavy (non-hydrogen) atoms. The monoisotopic (exact) mass is 394 g/mol. The van der Waals surface area contributed by atoms with Gasteiger partial charge in [0.2, 0.25) is 27.2 Å². The molecule has 0 aliphatic carbocycles. The van der Waals surface area contributed by atoms with Gasteiger partial charge < -0.3 is 11.1 Å². The lowest BCUT2D eigenvalue weighted by Gasteiger charge is -2.11. The summed E-state index contributed by atoms with van der Waals surface area (Å²) in [6.45, 7) is 0. The third-order valence-corrected chi connectivity index (χ3v) is 5.17. The predicted molar refractivity (Wildman–Crippen MR) is 85.0 cm³/mol. The van der Waals surface area contributed by atoms with Crippen molar-refractivity contribution >= 4 is 49.3 Å². The molecule has 0 aliphatic rings. The highest BCUT2D eigenvalue weighted by molar-refractivity contribution is 7.89. The quantitative estimate of drug-likeness (QED) is 0.504. The zero-order valence-corrected chi connectivity index (χ0v) is 14.3. The standard InChI is InChI=1S/C10H11ClN6O5S2/c1-13-23(18,19)5-2-3-7(24(20,21)22)6(4-5)14-10-16-8(11)15-9(12)17-10/h2-4,13H,1H3,(H,20,21,22)(H3,12,14,15,16,17). The Kier molecular flexibility index (Phi) is 4.91. The summed E-state index contributed by atoms with van der Waals surface area (Å²) in [7, 11) is -7.33. The van der Waals surface area contributed by atoms with Crippen LogP contribution in [0, 0.1) is 0 Å². The van der Waals surface area contributed by atoms with E-state index in [0.29, 0.717) is 0 Å². The van der Waals surface area contributed by atoms with Crippen LogP contribution >= 0.6 is 11.6 Å². The number of nitrogens with two attached hydrogens (primary N) is 1. The molecule has 1 aromatic carbocycles. The Labute approximate surface area is 142 Å². The van der Waals surface area contributed by atoms with E-state index in [1.165, 1.54) is 7.05 Å². The lowest BCUT2D eigenvalue weighted by molar-refractivity contribution is 0.483. The molecule has 0 atom stereocenters. The summed E-state index contributed by atoms with van der Waals surface area (Å²) in [4.78, 5) is 10.0. The van der Waals surface area contributed by atoms with Crippen LogP contribution in [0.5, 0.6) is 0 Å². The molecule has 0 spiro atoms. The van der Waals surface area contributed by atoms with Gasteiger partial charge >= 0.3 is 0 Å². The van der Waals surface area contributed by atoms with Crippen molar-refractivity contribution in [3.05, 3.63) is 23.5 Å². The molecule has 2 rings (SSSR count). The molecule has 1 heterocycles. The second-order valence-electron chi connectivity index (χ2n) is 4.25. The highest BCUT2D eigenvalue weighted by Gasteiger charge is 2.21. The number of nitrogens with zero attached hydrogens (tertiary/aromatic N) is 3. The van der Waals surface area contributed by atoms with Crippen molar-refractivity contribution in [1.29, 1.82) is 0 Å². The Morgan fingerprint density at radius 1 is 1.17 bits per heavy atom. The Bertz CT molecular complexity index is 975. The number of rotatable bonds is 5. The Morgan fingerprint density at radius 2 is 1.83 bits per heavy atom. The Morgan fingerprint density at radius 3 is 2.38 bits per heavy atom. The number of nitrogens with one attached hydrogen (secondary N) is 2. The van der Waals surface area contributed by atoms with E-state index < -0.39 is 25.0 Å². The third kappa shape index (κ3) is 4.07. The first-order chi connectivity index (χ1) is 11.0. The van der Waals surface area contributed by atoms with Gasteiger partial charge in [0.1, 0.15) is 4.90 Å². The molecule has 14 heteroatoms. The predicted octanol–water partition coefficient (Wildman–Crippen LogP) is 0.00560. The van der Waals surface area contributed by atoms with Gasteiger partial charge in [-0.25, -0.2) is 13.1 Å². The van der Waals surface area contributed by atoms with E-state index in [-0.39, 0.29) is 27.8 Å². The summed E-state index contributed by atoms with van der Waals surface area (Å²) in [5.74, 6) is -0.485. The largest absolute Gasteiger partial charge is 0.368 e. The van der Waals surface area contributed by atoms with E-state index in [2.05, 4.69) is 25.0 Å². The summed E-state index contributed by atoms with van der Waals surface area (Å²) >= 11 is 5.62. The average molecular weight is 395 g/mol. The van der Waals surface area contributed by atoms with Crippen LogP contribution in [0.3, 0.4) is 0 Å². The summed E-state index contributed by atoms with van der Waals surface area (Å²) in [5, 5.41) is 2.17. The van der Waals surface area contributed by atoms with Crippen LogP contribution < -0.4 is 15.8 Å². The summed E-state index contributed by atoms with van der Waals surface area (Å²) in [5.41, 5.74) is 5.10. The lowest BCUT2D eigenvalue weighted by Crippen LogP contribution is -2.19. The summed E-state index contributed by atoms with van der Waals surface area (Å²) in [6, 6.07) is 2.89. The Balaban J connectivity index is 2.62. The molecule has 2 aromatic rings. The van der Waals surface area contributed by atoms with Crippen LogP contribution in [0.4, 0.5) is 17.6 Å². The zero-order chi connectivity index (χ0) is 18.1. The molecule has 1 aromatic heterocycles. The van der Waals surface area contributed by atoms with Crippen molar-refractivity contribution in [2.45, 2.75) is 9.79 Å². The molecule has 130 valence electrons. The minimum Gasteiger partial charge on any atom is -0.368 e. The molecular weight excluding hydrogens is 384 g/mol. The number of hydrogen-bond acceptors (Lipinski definition) is 9. The zero-order valence-electron chi connectivity index (χ0n) is 11.9. The number of nitrogen functional groups attached to an aromatic ring is 1. The average Bonchev–Trinajstić information content (AvgIpc) is 2.44. The van der Waals surface area contributed by atoms with Gasteiger partial charge in [-0.3, -0.25) is 4.55 Å². The van der Waals surface area contributed by atoms with E-state index in [1.807, 2.05) is 0 Å². The maximum absolute atomic E-state index is 11.8. The highest BCUT2D eigenvalue weighted by Crippen LogP contribution is 2.27. The Hall–Kier alpha value is -2.06. The topological polar surface area (TPSA) is 177 Å². The van der Waals surface area contributed by atoms with Gasteiger partial charge in [-0.2, -0.15) is 23.4 Å². The van der Waals surface area contributed by atoms with Gasteiger partial charge in [0.15, 0.2) is 0 Å². The van der Waals surface area contributed by atoms with Crippen molar-refractivity contribution in [2.75, 3.05) is 18.1 Å². The van der Waals surface area contributed by atoms with Crippen LogP contribution in [0.2, 0.25) is 5.28 Å². The number of benzene rings is 1. The van der Waals surface area contributed by atoms with Crippen LogP contribution in [0.1, 0.15) is 0 Å². The molecule has 0 unspecified atom stereocenters. The van der Waals surface area contributed by atoms with Crippen LogP contribution in [-0.4, -0.2) is 43.4 Å². The van der Waals surface area contributed by atoms with Crippen molar-refractivity contribution in [1.82, 2.24) is 19.7 Å². The van der Waals surface area contributed by atoms with E-state index in [9.17, 15) is 21.4 Å². The first-order valence-electron chi connectivity index (χ1n) is 6.02. The van der Waals surface area contributed by atoms with E-state index in [4.69, 9.17) is 17.3 Å². The van der Waals surface area contributed by atoms with Crippen molar-refractivity contribution < 1.29 is 21.4 Å². The van der Waals surface area contributed by atoms with Gasteiger partial charge in [0.25, 0.3) is 10.1 Å². The van der Waals surface area contributed by atoms with Crippen molar-refractivity contribution in [2.24, 2.45) is 0 Å². The molecule has 0 fully saturated rings. The third-order valence-electron chi connectivity index (χ3n) is 2.68. The smallest absolute Gasteiger partial charge is 0.296 e.